The van der Waals surface area contributed by atoms with E-state index in [2.05, 4.69) is 10.6 Å². The van der Waals surface area contributed by atoms with Gasteiger partial charge in [0.1, 0.15) is 0 Å². The number of benzene rings is 2. The molecule has 2 saturated heterocycles. The molecule has 0 bridgehead atoms. The number of hydrogen-bond acceptors (Lipinski definition) is 9. The van der Waals surface area contributed by atoms with Crippen molar-refractivity contribution in [2.24, 2.45) is 0 Å². The number of aromatic hydroxyl groups is 1. The highest BCUT2D eigenvalue weighted by Crippen LogP contribution is 2.38. The summed E-state index contributed by atoms with van der Waals surface area (Å²) in [4.78, 5) is 64.6. The van der Waals surface area contributed by atoms with Crippen molar-refractivity contribution in [2.75, 3.05) is 31.6 Å². The van der Waals surface area contributed by atoms with E-state index in [9.17, 15) is 29.1 Å². The third-order valence-corrected chi connectivity index (χ3v) is 7.40. The molecule has 5 amide bonds. The maximum atomic E-state index is 12.7. The molecule has 1 unspecified atom stereocenters. The lowest BCUT2D eigenvalue weighted by Crippen LogP contribution is -2.40. The van der Waals surface area contributed by atoms with Crippen molar-refractivity contribution in [3.05, 3.63) is 58.0 Å². The quantitative estimate of drug-likeness (QED) is 0.358. The summed E-state index contributed by atoms with van der Waals surface area (Å²) in [7, 11) is 1.43. The molecule has 11 nitrogen and oxygen atoms in total. The van der Waals surface area contributed by atoms with Gasteiger partial charge >= 0.3 is 0 Å². The predicted molar refractivity (Wildman–Crippen MR) is 139 cm³/mol. The molecule has 1 atom stereocenters. The molecule has 2 aromatic rings. The Morgan fingerprint density at radius 1 is 1.18 bits per heavy atom. The smallest absolute Gasteiger partial charge is 0.290 e. The van der Waals surface area contributed by atoms with Crippen LogP contribution in [0.25, 0.3) is 6.08 Å². The first kappa shape index (κ1) is 25.3. The van der Waals surface area contributed by atoms with Crippen LogP contribution in [0.3, 0.4) is 0 Å². The van der Waals surface area contributed by atoms with Gasteiger partial charge in [0.15, 0.2) is 11.5 Å². The third kappa shape index (κ3) is 4.82. The van der Waals surface area contributed by atoms with Gasteiger partial charge in [-0.3, -0.25) is 34.2 Å². The number of methoxy groups -OCH3 is 1. The molecule has 38 heavy (non-hydrogen) atoms. The summed E-state index contributed by atoms with van der Waals surface area (Å²) in [6.07, 6.45) is 2.14. The van der Waals surface area contributed by atoms with Crippen LogP contribution in [0.5, 0.6) is 11.5 Å². The summed E-state index contributed by atoms with van der Waals surface area (Å²) in [5.41, 5.74) is 1.88. The zero-order valence-electron chi connectivity index (χ0n) is 20.4. The van der Waals surface area contributed by atoms with E-state index in [0.717, 1.165) is 16.7 Å². The second-order valence-electron chi connectivity index (χ2n) is 8.99. The van der Waals surface area contributed by atoms with E-state index in [4.69, 9.17) is 4.74 Å². The summed E-state index contributed by atoms with van der Waals surface area (Å²) in [6.45, 7) is 1.01. The molecule has 0 aromatic heterocycles. The number of imide groups is 2. The standard InChI is InChI=1S/C26H24N4O7S/c1-37-20-12-18(14(10-19(20)31)11-21-23(33)28-26(36)38-21)29-8-6-15(13-29)27-22(32)7-9-30-24(34)16-4-2-3-5-17(16)25(30)35/h2-5,10-12,15,31H,6-9,13H2,1H3,(H,27,32)(H,28,33,36). The molecule has 0 aliphatic carbocycles. The topological polar surface area (TPSA) is 145 Å². The molecule has 5 rings (SSSR count). The van der Waals surface area contributed by atoms with Crippen LogP contribution in [-0.2, 0) is 9.59 Å². The molecule has 0 saturated carbocycles. The molecule has 0 spiro atoms. The SMILES string of the molecule is COc1cc(N2CCC(NC(=O)CCN3C(=O)c4ccccc4C3=O)C2)c(C=C2SC(=O)NC2=O)cc1O. The Balaban J connectivity index is 1.24. The molecule has 196 valence electrons. The Bertz CT molecular complexity index is 1370. The average Bonchev–Trinajstić information content (AvgIpc) is 3.55. The van der Waals surface area contributed by atoms with Crippen molar-refractivity contribution in [1.29, 1.82) is 0 Å². The van der Waals surface area contributed by atoms with Crippen LogP contribution in [0.1, 0.15) is 39.1 Å². The molecule has 2 fully saturated rings. The van der Waals surface area contributed by atoms with Crippen LogP contribution >= 0.6 is 11.8 Å². The number of nitrogens with zero attached hydrogens (tertiary/aromatic N) is 2. The Morgan fingerprint density at radius 3 is 2.53 bits per heavy atom. The monoisotopic (exact) mass is 536 g/mol. The zero-order valence-corrected chi connectivity index (χ0v) is 21.2. The Hall–Kier alpha value is -4.32. The molecular weight excluding hydrogens is 512 g/mol. The van der Waals surface area contributed by atoms with Crippen LogP contribution in [0.15, 0.2) is 41.3 Å². The number of thioether (sulfide) groups is 1. The normalized spacial score (nSPS) is 19.8. The second-order valence-corrected chi connectivity index (χ2v) is 10.0. The van der Waals surface area contributed by atoms with E-state index in [-0.39, 0.29) is 41.3 Å². The minimum atomic E-state index is -0.508. The summed E-state index contributed by atoms with van der Waals surface area (Å²) < 4.78 is 5.26. The van der Waals surface area contributed by atoms with Crippen molar-refractivity contribution >= 4 is 52.4 Å². The number of phenolic OH excluding ortho intramolecular Hbond substituents is 1. The summed E-state index contributed by atoms with van der Waals surface area (Å²) in [5.74, 6) is -1.46. The van der Waals surface area contributed by atoms with Crippen LogP contribution in [0.2, 0.25) is 0 Å². The molecule has 3 aliphatic rings. The van der Waals surface area contributed by atoms with Gasteiger partial charge in [0.05, 0.1) is 23.1 Å². The molecule has 0 radical (unpaired) electrons. The van der Waals surface area contributed by atoms with Crippen molar-refractivity contribution in [1.82, 2.24) is 15.5 Å². The summed E-state index contributed by atoms with van der Waals surface area (Å²) >= 11 is 0.778. The zero-order chi connectivity index (χ0) is 27.0. The second kappa shape index (κ2) is 10.2. The highest BCUT2D eigenvalue weighted by atomic mass is 32.2. The number of anilines is 1. The fourth-order valence-electron chi connectivity index (χ4n) is 4.74. The van der Waals surface area contributed by atoms with Gasteiger partial charge in [-0.25, -0.2) is 0 Å². The molecule has 3 heterocycles. The molecule has 12 heteroatoms. The third-order valence-electron chi connectivity index (χ3n) is 6.59. The lowest BCUT2D eigenvalue weighted by atomic mass is 10.1. The summed E-state index contributed by atoms with van der Waals surface area (Å²) in [5, 5.41) is 15.0. The van der Waals surface area contributed by atoms with Gasteiger partial charge in [0.2, 0.25) is 5.91 Å². The number of phenols is 1. The maximum Gasteiger partial charge on any atom is 0.290 e. The van der Waals surface area contributed by atoms with Crippen molar-refractivity contribution in [2.45, 2.75) is 18.9 Å². The maximum absolute atomic E-state index is 12.7. The van der Waals surface area contributed by atoms with E-state index >= 15 is 0 Å². The molecular formula is C26H24N4O7S. The largest absolute Gasteiger partial charge is 0.504 e. The van der Waals surface area contributed by atoms with Gasteiger partial charge in [0, 0.05) is 49.4 Å². The molecule has 3 aliphatic heterocycles. The van der Waals surface area contributed by atoms with E-state index in [1.807, 2.05) is 4.90 Å². The van der Waals surface area contributed by atoms with Crippen LogP contribution in [0, 0.1) is 0 Å². The predicted octanol–water partition coefficient (Wildman–Crippen LogP) is 2.11. The fraction of sp³-hybridized carbons (Fsp3) is 0.269. The number of carbonyl (C=O) groups excluding carboxylic acids is 5. The highest BCUT2D eigenvalue weighted by Gasteiger charge is 2.35. The first-order chi connectivity index (χ1) is 18.2. The van der Waals surface area contributed by atoms with Gasteiger partial charge in [-0.2, -0.15) is 0 Å². The van der Waals surface area contributed by atoms with Crippen LogP contribution in [-0.4, -0.2) is 71.7 Å². The number of rotatable bonds is 7. The van der Waals surface area contributed by atoms with Crippen LogP contribution < -0.4 is 20.3 Å². The van der Waals surface area contributed by atoms with Gasteiger partial charge in [-0.15, -0.1) is 0 Å². The minimum absolute atomic E-state index is 0.0139. The fourth-order valence-corrected chi connectivity index (χ4v) is 5.41. The van der Waals surface area contributed by atoms with Crippen molar-refractivity contribution < 1.29 is 33.8 Å². The summed E-state index contributed by atoms with van der Waals surface area (Å²) in [6, 6.07) is 9.49. The van der Waals surface area contributed by atoms with E-state index in [1.54, 1.807) is 30.3 Å². The Labute approximate surface area is 221 Å². The Morgan fingerprint density at radius 2 is 1.89 bits per heavy atom. The lowest BCUT2D eigenvalue weighted by Gasteiger charge is -2.23. The highest BCUT2D eigenvalue weighted by molar-refractivity contribution is 8.18. The van der Waals surface area contributed by atoms with Gasteiger partial charge in [0.25, 0.3) is 23.0 Å². The van der Waals surface area contributed by atoms with E-state index < -0.39 is 23.0 Å². The first-order valence-corrected chi connectivity index (χ1v) is 12.7. The lowest BCUT2D eigenvalue weighted by molar-refractivity contribution is -0.121. The van der Waals surface area contributed by atoms with Gasteiger partial charge in [-0.1, -0.05) is 12.1 Å². The number of ether oxygens (including phenoxy) is 1. The van der Waals surface area contributed by atoms with Crippen molar-refractivity contribution in [3.63, 3.8) is 0 Å². The number of nitrogens with one attached hydrogen (secondary N) is 2. The molecule has 2 aromatic carbocycles. The number of carbonyl (C=O) groups is 5. The van der Waals surface area contributed by atoms with Crippen LogP contribution in [0.4, 0.5) is 10.5 Å². The molecule has 3 N–H and O–H groups in total. The van der Waals surface area contributed by atoms with Gasteiger partial charge in [-0.05, 0) is 42.5 Å². The number of amides is 5. The van der Waals surface area contributed by atoms with E-state index in [0.29, 0.717) is 41.9 Å². The first-order valence-electron chi connectivity index (χ1n) is 11.9. The van der Waals surface area contributed by atoms with Gasteiger partial charge < -0.3 is 20.1 Å². The number of fused-ring (bicyclic) bond motifs is 1. The average molecular weight is 537 g/mol. The van der Waals surface area contributed by atoms with E-state index in [1.165, 1.54) is 19.3 Å². The van der Waals surface area contributed by atoms with Crippen molar-refractivity contribution in [3.8, 4) is 11.5 Å². The number of hydrogen-bond donors (Lipinski definition) is 3. The minimum Gasteiger partial charge on any atom is -0.504 e. The Kier molecular flexibility index (Phi) is 6.81.